The standard InChI is InChI=1S/C14H23NO4/c1-14(2,3)10(4-7-13(18)19)8-9-15-11(16)5-6-12(15)17/h10H,4-9H2,1-3H3,(H,18,19). The van der Waals surface area contributed by atoms with Gasteiger partial charge < -0.3 is 5.11 Å². The van der Waals surface area contributed by atoms with Gasteiger partial charge in [0.05, 0.1) is 0 Å². The minimum absolute atomic E-state index is 0.0265. The van der Waals surface area contributed by atoms with Crippen LogP contribution in [0.1, 0.15) is 52.9 Å². The lowest BCUT2D eigenvalue weighted by Crippen LogP contribution is -2.33. The first kappa shape index (κ1) is 15.7. The van der Waals surface area contributed by atoms with E-state index in [1.165, 1.54) is 4.90 Å². The first-order chi connectivity index (χ1) is 8.71. The number of carbonyl (C=O) groups excluding carboxylic acids is 2. The second-order valence-electron chi connectivity index (χ2n) is 6.22. The molecule has 1 rings (SSSR count). The minimum Gasteiger partial charge on any atom is -0.481 e. The highest BCUT2D eigenvalue weighted by Crippen LogP contribution is 2.33. The molecule has 0 aromatic rings. The van der Waals surface area contributed by atoms with E-state index in [-0.39, 0.29) is 29.6 Å². The predicted octanol–water partition coefficient (Wildman–Crippen LogP) is 2.05. The van der Waals surface area contributed by atoms with E-state index < -0.39 is 5.97 Å². The lowest BCUT2D eigenvalue weighted by molar-refractivity contribution is -0.140. The Balaban J connectivity index is 2.55. The maximum atomic E-state index is 11.5. The lowest BCUT2D eigenvalue weighted by atomic mass is 9.76. The molecule has 0 radical (unpaired) electrons. The van der Waals surface area contributed by atoms with Crippen molar-refractivity contribution in [1.82, 2.24) is 4.90 Å². The van der Waals surface area contributed by atoms with Crippen molar-refractivity contribution >= 4 is 17.8 Å². The van der Waals surface area contributed by atoms with Gasteiger partial charge in [0.2, 0.25) is 11.8 Å². The average Bonchev–Trinajstić information content (AvgIpc) is 2.57. The van der Waals surface area contributed by atoms with Gasteiger partial charge in [-0.2, -0.15) is 0 Å². The van der Waals surface area contributed by atoms with Crippen molar-refractivity contribution in [3.8, 4) is 0 Å². The van der Waals surface area contributed by atoms with Crippen molar-refractivity contribution in [3.63, 3.8) is 0 Å². The van der Waals surface area contributed by atoms with Gasteiger partial charge in [-0.1, -0.05) is 20.8 Å². The Morgan fingerprint density at radius 1 is 1.21 bits per heavy atom. The molecule has 0 bridgehead atoms. The van der Waals surface area contributed by atoms with Gasteiger partial charge in [0, 0.05) is 25.8 Å². The summed E-state index contributed by atoms with van der Waals surface area (Å²) in [4.78, 5) is 35.0. The number of carbonyl (C=O) groups is 3. The number of carboxylic acid groups (broad SMARTS) is 1. The van der Waals surface area contributed by atoms with Crippen LogP contribution in [0.3, 0.4) is 0 Å². The monoisotopic (exact) mass is 269 g/mol. The van der Waals surface area contributed by atoms with Crippen LogP contribution < -0.4 is 0 Å². The van der Waals surface area contributed by atoms with Gasteiger partial charge in [-0.15, -0.1) is 0 Å². The summed E-state index contributed by atoms with van der Waals surface area (Å²) in [6, 6.07) is 0. The highest BCUT2D eigenvalue weighted by Gasteiger charge is 2.31. The van der Waals surface area contributed by atoms with Crippen molar-refractivity contribution in [3.05, 3.63) is 0 Å². The molecule has 1 N–H and O–H groups in total. The average molecular weight is 269 g/mol. The molecule has 1 unspecified atom stereocenters. The third-order valence-corrected chi connectivity index (χ3v) is 3.79. The number of aliphatic carboxylic acids is 1. The number of hydrogen-bond donors (Lipinski definition) is 1. The fourth-order valence-electron chi connectivity index (χ4n) is 2.47. The largest absolute Gasteiger partial charge is 0.481 e. The summed E-state index contributed by atoms with van der Waals surface area (Å²) in [5, 5.41) is 8.77. The number of amides is 2. The Kier molecular flexibility index (Phi) is 5.09. The second kappa shape index (κ2) is 6.17. The predicted molar refractivity (Wildman–Crippen MR) is 70.4 cm³/mol. The maximum absolute atomic E-state index is 11.5. The van der Waals surface area contributed by atoms with Crippen molar-refractivity contribution < 1.29 is 19.5 Å². The molecule has 1 heterocycles. The van der Waals surface area contributed by atoms with E-state index in [0.717, 1.165) is 0 Å². The van der Waals surface area contributed by atoms with Gasteiger partial charge in [0.1, 0.15) is 0 Å². The molecule has 0 aromatic carbocycles. The van der Waals surface area contributed by atoms with Crippen LogP contribution in [0.5, 0.6) is 0 Å². The van der Waals surface area contributed by atoms with E-state index in [9.17, 15) is 14.4 Å². The van der Waals surface area contributed by atoms with Gasteiger partial charge in [-0.05, 0) is 24.2 Å². The van der Waals surface area contributed by atoms with Gasteiger partial charge >= 0.3 is 5.97 Å². The van der Waals surface area contributed by atoms with Crippen molar-refractivity contribution in [1.29, 1.82) is 0 Å². The summed E-state index contributed by atoms with van der Waals surface area (Å²) in [7, 11) is 0. The minimum atomic E-state index is -0.803. The smallest absolute Gasteiger partial charge is 0.303 e. The summed E-state index contributed by atoms with van der Waals surface area (Å²) in [5.74, 6) is -0.820. The molecule has 5 nitrogen and oxygen atoms in total. The molecule has 1 fully saturated rings. The van der Waals surface area contributed by atoms with Crippen molar-refractivity contribution in [2.24, 2.45) is 11.3 Å². The molecule has 108 valence electrons. The van der Waals surface area contributed by atoms with Crippen LogP contribution in [-0.4, -0.2) is 34.3 Å². The normalized spacial score (nSPS) is 17.9. The summed E-state index contributed by atoms with van der Waals surface area (Å²) < 4.78 is 0. The Morgan fingerprint density at radius 2 is 1.74 bits per heavy atom. The molecule has 2 amide bonds. The molecule has 19 heavy (non-hydrogen) atoms. The van der Waals surface area contributed by atoms with E-state index in [4.69, 9.17) is 5.11 Å². The van der Waals surface area contributed by atoms with Gasteiger partial charge in [0.15, 0.2) is 0 Å². The number of rotatable bonds is 6. The zero-order valence-corrected chi connectivity index (χ0v) is 11.9. The topological polar surface area (TPSA) is 74.7 Å². The van der Waals surface area contributed by atoms with Gasteiger partial charge in [-0.25, -0.2) is 0 Å². The Bertz CT molecular complexity index is 354. The summed E-state index contributed by atoms with van der Waals surface area (Å²) >= 11 is 0. The lowest BCUT2D eigenvalue weighted by Gasteiger charge is -2.31. The summed E-state index contributed by atoms with van der Waals surface area (Å²) in [6.07, 6.45) is 2.01. The Hall–Kier alpha value is -1.39. The number of carboxylic acids is 1. The molecule has 0 saturated carbocycles. The van der Waals surface area contributed by atoms with E-state index in [1.807, 2.05) is 0 Å². The number of likely N-dealkylation sites (tertiary alicyclic amines) is 1. The van der Waals surface area contributed by atoms with E-state index in [1.54, 1.807) is 0 Å². The highest BCUT2D eigenvalue weighted by atomic mass is 16.4. The Morgan fingerprint density at radius 3 is 2.16 bits per heavy atom. The quantitative estimate of drug-likeness (QED) is 0.749. The number of hydrogen-bond acceptors (Lipinski definition) is 3. The van der Waals surface area contributed by atoms with Crippen molar-refractivity contribution in [2.75, 3.05) is 6.54 Å². The highest BCUT2D eigenvalue weighted by molar-refractivity contribution is 6.01. The van der Waals surface area contributed by atoms with E-state index in [0.29, 0.717) is 32.2 Å². The third-order valence-electron chi connectivity index (χ3n) is 3.79. The third kappa shape index (κ3) is 4.65. The van der Waals surface area contributed by atoms with Crippen LogP contribution in [-0.2, 0) is 14.4 Å². The molecule has 1 aliphatic rings. The zero-order chi connectivity index (χ0) is 14.6. The van der Waals surface area contributed by atoms with Crippen molar-refractivity contribution in [2.45, 2.75) is 52.9 Å². The van der Waals surface area contributed by atoms with Gasteiger partial charge in [-0.3, -0.25) is 19.3 Å². The van der Waals surface area contributed by atoms with Crippen LogP contribution in [0.2, 0.25) is 0 Å². The number of imide groups is 1. The molecular formula is C14H23NO4. The molecule has 0 spiro atoms. The molecule has 0 aliphatic carbocycles. The Labute approximate surface area is 114 Å². The second-order valence-corrected chi connectivity index (χ2v) is 6.22. The van der Waals surface area contributed by atoms with Crippen LogP contribution in [0.15, 0.2) is 0 Å². The van der Waals surface area contributed by atoms with E-state index in [2.05, 4.69) is 20.8 Å². The van der Waals surface area contributed by atoms with Gasteiger partial charge in [0.25, 0.3) is 0 Å². The van der Waals surface area contributed by atoms with Crippen LogP contribution in [0.25, 0.3) is 0 Å². The fraction of sp³-hybridized carbons (Fsp3) is 0.786. The molecule has 1 atom stereocenters. The first-order valence-corrected chi connectivity index (χ1v) is 6.77. The van der Waals surface area contributed by atoms with Crippen LogP contribution >= 0.6 is 0 Å². The van der Waals surface area contributed by atoms with Crippen LogP contribution in [0.4, 0.5) is 0 Å². The molecule has 5 heteroatoms. The first-order valence-electron chi connectivity index (χ1n) is 6.77. The molecule has 0 aromatic heterocycles. The molecule has 1 aliphatic heterocycles. The maximum Gasteiger partial charge on any atom is 0.303 e. The van der Waals surface area contributed by atoms with Crippen LogP contribution in [0, 0.1) is 11.3 Å². The van der Waals surface area contributed by atoms with E-state index >= 15 is 0 Å². The summed E-state index contributed by atoms with van der Waals surface area (Å²) in [5.41, 5.74) is -0.0265. The number of nitrogens with zero attached hydrogens (tertiary/aromatic N) is 1. The molecular weight excluding hydrogens is 246 g/mol. The molecule has 1 saturated heterocycles. The fourth-order valence-corrected chi connectivity index (χ4v) is 2.47. The summed E-state index contributed by atoms with van der Waals surface area (Å²) in [6.45, 7) is 6.60. The SMILES string of the molecule is CC(C)(C)C(CCC(=O)O)CCN1C(=O)CCC1=O. The zero-order valence-electron chi connectivity index (χ0n) is 11.9.